The fourth-order valence-corrected chi connectivity index (χ4v) is 4.46. The lowest BCUT2D eigenvalue weighted by Gasteiger charge is -2.12. The van der Waals surface area contributed by atoms with Gasteiger partial charge in [-0.1, -0.05) is 36.4 Å². The highest BCUT2D eigenvalue weighted by Crippen LogP contribution is 2.31. The van der Waals surface area contributed by atoms with Crippen molar-refractivity contribution in [1.82, 2.24) is 0 Å². The van der Waals surface area contributed by atoms with Gasteiger partial charge >= 0.3 is 5.97 Å². The second kappa shape index (κ2) is 10.2. The third kappa shape index (κ3) is 5.91. The molecule has 0 fully saturated rings. The fraction of sp³-hybridized carbons (Fsp3) is 0.222. The first-order chi connectivity index (χ1) is 16.3. The molecule has 0 aliphatic rings. The van der Waals surface area contributed by atoms with Crippen LogP contribution < -0.4 is 9.47 Å². The molecule has 4 nitrogen and oxygen atoms in total. The molecule has 3 aromatic carbocycles. The van der Waals surface area contributed by atoms with E-state index in [9.17, 15) is 13.6 Å². The summed E-state index contributed by atoms with van der Waals surface area (Å²) in [5.74, 6) is -1.71. The molecule has 0 atom stereocenters. The molecular weight excluding hydrogens is 458 g/mol. The Morgan fingerprint density at radius 1 is 0.912 bits per heavy atom. The Labute approximate surface area is 200 Å². The number of carbonyl (C=O) groups is 1. The molecule has 0 bridgehead atoms. The number of thiophene rings is 1. The summed E-state index contributed by atoms with van der Waals surface area (Å²) in [5, 5.41) is 2.99. The van der Waals surface area contributed by atoms with E-state index in [1.807, 2.05) is 47.8 Å². The van der Waals surface area contributed by atoms with Crippen LogP contribution in [0.3, 0.4) is 0 Å². The highest BCUT2D eigenvalue weighted by atomic mass is 32.1. The molecule has 0 spiro atoms. The van der Waals surface area contributed by atoms with Crippen LogP contribution in [0.4, 0.5) is 8.78 Å². The van der Waals surface area contributed by atoms with E-state index in [0.29, 0.717) is 12.4 Å². The van der Waals surface area contributed by atoms with Crippen LogP contribution in [0.25, 0.3) is 10.1 Å². The summed E-state index contributed by atoms with van der Waals surface area (Å²) in [6.07, 6.45) is 0.249. The predicted octanol–water partition coefficient (Wildman–Crippen LogP) is 6.89. The van der Waals surface area contributed by atoms with Crippen LogP contribution in [-0.4, -0.2) is 13.1 Å². The van der Waals surface area contributed by atoms with Crippen molar-refractivity contribution in [3.8, 4) is 11.5 Å². The summed E-state index contributed by atoms with van der Waals surface area (Å²) < 4.78 is 44.3. The highest BCUT2D eigenvalue weighted by molar-refractivity contribution is 7.17. The first-order valence-corrected chi connectivity index (χ1v) is 11.6. The largest absolute Gasteiger partial charge is 0.489 e. The molecule has 0 aliphatic carbocycles. The lowest BCUT2D eigenvalue weighted by molar-refractivity contribution is -0.139. The van der Waals surface area contributed by atoms with Crippen molar-refractivity contribution < 1.29 is 27.8 Å². The number of hydrogen-bond acceptors (Lipinski definition) is 5. The van der Waals surface area contributed by atoms with Gasteiger partial charge in [0.2, 0.25) is 0 Å². The molecule has 0 unspecified atom stereocenters. The standard InChI is InChI=1S/C27H24F2O4S/c1-27(28,29)21-8-6-18(7-9-21)15-32-22-5-3-4-19(12-22)16-33-23-10-11-24-20(13-26(30)31-2)17-34-25(24)14-23/h3-12,14,17H,13,15-16H2,1-2H3. The maximum absolute atomic E-state index is 13.4. The van der Waals surface area contributed by atoms with E-state index < -0.39 is 5.92 Å². The Hall–Kier alpha value is -3.45. The van der Waals surface area contributed by atoms with Crippen LogP contribution in [0.5, 0.6) is 11.5 Å². The van der Waals surface area contributed by atoms with E-state index in [-0.39, 0.29) is 24.6 Å². The second-order valence-corrected chi connectivity index (χ2v) is 8.89. The predicted molar refractivity (Wildman–Crippen MR) is 129 cm³/mol. The fourth-order valence-electron chi connectivity index (χ4n) is 3.47. The van der Waals surface area contributed by atoms with Crippen molar-refractivity contribution in [1.29, 1.82) is 0 Å². The number of rotatable bonds is 9. The van der Waals surface area contributed by atoms with Gasteiger partial charge in [0.25, 0.3) is 5.92 Å². The van der Waals surface area contributed by atoms with Gasteiger partial charge in [-0.25, -0.2) is 8.78 Å². The van der Waals surface area contributed by atoms with Gasteiger partial charge in [-0.05, 0) is 57.8 Å². The second-order valence-electron chi connectivity index (χ2n) is 7.98. The number of benzene rings is 3. The Balaban J connectivity index is 1.35. The smallest absolute Gasteiger partial charge is 0.310 e. The molecule has 0 saturated carbocycles. The minimum atomic E-state index is -2.85. The molecule has 0 radical (unpaired) electrons. The van der Waals surface area contributed by atoms with E-state index in [1.165, 1.54) is 19.2 Å². The van der Waals surface area contributed by atoms with E-state index in [1.54, 1.807) is 23.5 Å². The van der Waals surface area contributed by atoms with Crippen molar-refractivity contribution in [2.75, 3.05) is 7.11 Å². The average molecular weight is 483 g/mol. The molecule has 0 aliphatic heterocycles. The number of ether oxygens (including phenoxy) is 3. The van der Waals surface area contributed by atoms with Crippen molar-refractivity contribution in [2.24, 2.45) is 0 Å². The Bertz CT molecular complexity index is 1280. The Morgan fingerprint density at radius 3 is 2.32 bits per heavy atom. The Kier molecular flexibility index (Phi) is 7.12. The van der Waals surface area contributed by atoms with Crippen molar-refractivity contribution in [3.63, 3.8) is 0 Å². The van der Waals surface area contributed by atoms with Gasteiger partial charge in [-0.15, -0.1) is 11.3 Å². The van der Waals surface area contributed by atoms with Crippen LogP contribution in [0.15, 0.2) is 72.1 Å². The summed E-state index contributed by atoms with van der Waals surface area (Å²) in [4.78, 5) is 11.6. The number of halogens is 2. The molecule has 176 valence electrons. The quantitative estimate of drug-likeness (QED) is 0.244. The number of alkyl halides is 2. The van der Waals surface area contributed by atoms with E-state index in [4.69, 9.17) is 14.2 Å². The minimum absolute atomic E-state index is 0.0178. The first-order valence-electron chi connectivity index (χ1n) is 10.7. The lowest BCUT2D eigenvalue weighted by Crippen LogP contribution is -2.07. The number of carbonyl (C=O) groups excluding carboxylic acids is 1. The zero-order valence-corrected chi connectivity index (χ0v) is 19.7. The molecule has 4 aromatic rings. The first kappa shape index (κ1) is 23.7. The van der Waals surface area contributed by atoms with Gasteiger partial charge in [0.15, 0.2) is 0 Å². The van der Waals surface area contributed by atoms with Gasteiger partial charge in [0, 0.05) is 17.2 Å². The number of methoxy groups -OCH3 is 1. The molecular formula is C27H24F2O4S. The summed E-state index contributed by atoms with van der Waals surface area (Å²) in [6.45, 7) is 1.53. The molecule has 7 heteroatoms. The van der Waals surface area contributed by atoms with Gasteiger partial charge in [0.05, 0.1) is 13.5 Å². The van der Waals surface area contributed by atoms with Crippen molar-refractivity contribution >= 4 is 27.4 Å². The molecule has 0 saturated heterocycles. The maximum atomic E-state index is 13.4. The van der Waals surface area contributed by atoms with E-state index in [0.717, 1.165) is 39.4 Å². The molecule has 0 amide bonds. The van der Waals surface area contributed by atoms with Crippen LogP contribution in [0.2, 0.25) is 0 Å². The zero-order valence-electron chi connectivity index (χ0n) is 18.8. The summed E-state index contributed by atoms with van der Waals surface area (Å²) in [6, 6.07) is 19.5. The van der Waals surface area contributed by atoms with Crippen LogP contribution in [0, 0.1) is 0 Å². The van der Waals surface area contributed by atoms with Gasteiger partial charge < -0.3 is 14.2 Å². The molecule has 1 heterocycles. The van der Waals surface area contributed by atoms with E-state index in [2.05, 4.69) is 0 Å². The SMILES string of the molecule is COC(=O)Cc1csc2cc(OCc3cccc(OCc4ccc(C(C)(F)F)cc4)c3)ccc12. The summed E-state index contributed by atoms with van der Waals surface area (Å²) in [5.41, 5.74) is 2.68. The van der Waals surface area contributed by atoms with E-state index >= 15 is 0 Å². The number of fused-ring (bicyclic) bond motifs is 1. The summed E-state index contributed by atoms with van der Waals surface area (Å²) in [7, 11) is 1.39. The van der Waals surface area contributed by atoms with Gasteiger partial charge in [-0.3, -0.25) is 4.79 Å². The third-order valence-corrected chi connectivity index (χ3v) is 6.35. The third-order valence-electron chi connectivity index (χ3n) is 5.36. The highest BCUT2D eigenvalue weighted by Gasteiger charge is 2.23. The number of hydrogen-bond donors (Lipinski definition) is 0. The van der Waals surface area contributed by atoms with Crippen molar-refractivity contribution in [2.45, 2.75) is 32.5 Å². The van der Waals surface area contributed by atoms with Gasteiger partial charge in [0.1, 0.15) is 24.7 Å². The average Bonchev–Trinajstić information content (AvgIpc) is 3.23. The van der Waals surface area contributed by atoms with Gasteiger partial charge in [-0.2, -0.15) is 0 Å². The lowest BCUT2D eigenvalue weighted by atomic mass is 10.1. The van der Waals surface area contributed by atoms with Crippen LogP contribution in [-0.2, 0) is 35.1 Å². The normalized spacial score (nSPS) is 11.4. The topological polar surface area (TPSA) is 44.8 Å². The zero-order chi connectivity index (χ0) is 24.1. The van der Waals surface area contributed by atoms with Crippen LogP contribution >= 0.6 is 11.3 Å². The maximum Gasteiger partial charge on any atom is 0.310 e. The minimum Gasteiger partial charge on any atom is -0.489 e. The monoisotopic (exact) mass is 482 g/mol. The number of esters is 1. The molecule has 34 heavy (non-hydrogen) atoms. The molecule has 1 aromatic heterocycles. The van der Waals surface area contributed by atoms with Crippen LogP contribution in [0.1, 0.15) is 29.2 Å². The molecule has 4 rings (SSSR count). The Morgan fingerprint density at radius 2 is 1.62 bits per heavy atom. The summed E-state index contributed by atoms with van der Waals surface area (Å²) >= 11 is 1.56. The van der Waals surface area contributed by atoms with Crippen molar-refractivity contribution in [3.05, 3.63) is 94.4 Å². The molecule has 0 N–H and O–H groups in total.